The number of amides is 2. The van der Waals surface area contributed by atoms with E-state index < -0.39 is 17.7 Å². The van der Waals surface area contributed by atoms with Crippen molar-refractivity contribution in [1.29, 1.82) is 0 Å². The molecule has 1 aliphatic rings. The molecule has 2 amide bonds. The van der Waals surface area contributed by atoms with Crippen LogP contribution in [0.2, 0.25) is 0 Å². The van der Waals surface area contributed by atoms with Crippen LogP contribution in [0, 0.1) is 12.8 Å². The van der Waals surface area contributed by atoms with Gasteiger partial charge in [0.1, 0.15) is 5.60 Å². The van der Waals surface area contributed by atoms with Crippen molar-refractivity contribution in [2.24, 2.45) is 5.92 Å². The molecule has 0 aliphatic carbocycles. The maximum atomic E-state index is 12.7. The fourth-order valence-electron chi connectivity index (χ4n) is 3.52. The Balaban J connectivity index is 1.89. The van der Waals surface area contributed by atoms with Gasteiger partial charge in [-0.05, 0) is 64.5 Å². The van der Waals surface area contributed by atoms with E-state index in [2.05, 4.69) is 19.2 Å². The Bertz CT molecular complexity index is 805. The first-order chi connectivity index (χ1) is 14.4. The summed E-state index contributed by atoms with van der Waals surface area (Å²) in [5.74, 6) is -0.835. The molecule has 0 spiro atoms. The highest BCUT2D eigenvalue weighted by molar-refractivity contribution is 5.96. The Morgan fingerprint density at radius 1 is 1.10 bits per heavy atom. The molecule has 31 heavy (non-hydrogen) atoms. The zero-order valence-electron chi connectivity index (χ0n) is 19.8. The van der Waals surface area contributed by atoms with E-state index in [9.17, 15) is 14.4 Å². The topological polar surface area (TPSA) is 84.9 Å². The lowest BCUT2D eigenvalue weighted by Gasteiger charge is -2.32. The van der Waals surface area contributed by atoms with Gasteiger partial charge in [-0.2, -0.15) is 0 Å². The predicted molar refractivity (Wildman–Crippen MR) is 120 cm³/mol. The van der Waals surface area contributed by atoms with Crippen LogP contribution < -0.4 is 5.32 Å². The molecule has 0 unspecified atom stereocenters. The first-order valence-corrected chi connectivity index (χ1v) is 11.0. The van der Waals surface area contributed by atoms with Crippen LogP contribution in [0.3, 0.4) is 0 Å². The molecule has 0 saturated carbocycles. The molecule has 1 N–H and O–H groups in total. The van der Waals surface area contributed by atoms with Crippen molar-refractivity contribution >= 4 is 23.7 Å². The maximum Gasteiger partial charge on any atom is 0.410 e. The number of hydrogen-bond acceptors (Lipinski definition) is 5. The van der Waals surface area contributed by atoms with Gasteiger partial charge in [-0.1, -0.05) is 32.0 Å². The predicted octanol–water partition coefficient (Wildman–Crippen LogP) is 4.64. The summed E-state index contributed by atoms with van der Waals surface area (Å²) in [6, 6.07) is 5.90. The lowest BCUT2D eigenvalue weighted by Crippen LogP contribution is -2.43. The number of nitrogens with zero attached hydrogens (tertiary/aromatic N) is 1. The van der Waals surface area contributed by atoms with Gasteiger partial charge in [0.15, 0.2) is 6.10 Å². The van der Waals surface area contributed by atoms with Gasteiger partial charge < -0.3 is 19.7 Å². The van der Waals surface area contributed by atoms with E-state index in [-0.39, 0.29) is 23.8 Å². The number of benzene rings is 1. The van der Waals surface area contributed by atoms with Crippen molar-refractivity contribution in [2.45, 2.75) is 78.9 Å². The van der Waals surface area contributed by atoms with Crippen LogP contribution in [-0.2, 0) is 19.1 Å². The number of nitrogens with one attached hydrogen (secondary N) is 1. The second kappa shape index (κ2) is 10.2. The molecule has 1 atom stereocenters. The molecule has 1 saturated heterocycles. The Morgan fingerprint density at radius 2 is 1.71 bits per heavy atom. The number of aryl methyl sites for hydroxylation is 1. The third-order valence-corrected chi connectivity index (χ3v) is 5.32. The van der Waals surface area contributed by atoms with E-state index in [0.29, 0.717) is 25.9 Å². The van der Waals surface area contributed by atoms with E-state index in [1.807, 2.05) is 45.9 Å². The van der Waals surface area contributed by atoms with Gasteiger partial charge in [0.05, 0.1) is 5.92 Å². The number of ether oxygens (including phenoxy) is 2. The van der Waals surface area contributed by atoms with Crippen molar-refractivity contribution in [3.05, 3.63) is 29.3 Å². The second-order valence-corrected chi connectivity index (χ2v) is 9.50. The highest BCUT2D eigenvalue weighted by Crippen LogP contribution is 2.28. The molecule has 1 heterocycles. The minimum Gasteiger partial charge on any atom is -0.452 e. The van der Waals surface area contributed by atoms with E-state index >= 15 is 0 Å². The zero-order chi connectivity index (χ0) is 23.3. The number of carbonyl (C=O) groups excluding carboxylic acids is 3. The van der Waals surface area contributed by atoms with Gasteiger partial charge in [0.25, 0.3) is 5.91 Å². The first-order valence-electron chi connectivity index (χ1n) is 11.0. The molecule has 1 fully saturated rings. The first kappa shape index (κ1) is 24.7. The number of likely N-dealkylation sites (tertiary alicyclic amines) is 1. The Kier molecular flexibility index (Phi) is 8.09. The smallest absolute Gasteiger partial charge is 0.410 e. The van der Waals surface area contributed by atoms with Gasteiger partial charge in [-0.15, -0.1) is 0 Å². The molecule has 1 aromatic rings. The summed E-state index contributed by atoms with van der Waals surface area (Å²) in [5.41, 5.74) is 2.23. The van der Waals surface area contributed by atoms with Crippen molar-refractivity contribution in [3.8, 4) is 0 Å². The number of hydrogen-bond donors (Lipinski definition) is 1. The summed E-state index contributed by atoms with van der Waals surface area (Å²) in [6.07, 6.45) is -0.300. The summed E-state index contributed by atoms with van der Waals surface area (Å²) in [6.45, 7) is 14.0. The quantitative estimate of drug-likeness (QED) is 0.686. The van der Waals surface area contributed by atoms with Crippen molar-refractivity contribution < 1.29 is 23.9 Å². The monoisotopic (exact) mass is 432 g/mol. The summed E-state index contributed by atoms with van der Waals surface area (Å²) in [4.78, 5) is 39.0. The van der Waals surface area contributed by atoms with Crippen LogP contribution in [0.4, 0.5) is 10.5 Å². The molecule has 7 nitrogen and oxygen atoms in total. The van der Waals surface area contributed by atoms with Crippen LogP contribution in [0.15, 0.2) is 18.2 Å². The van der Waals surface area contributed by atoms with Crippen LogP contribution in [0.5, 0.6) is 0 Å². The van der Waals surface area contributed by atoms with Crippen LogP contribution >= 0.6 is 0 Å². The molecule has 172 valence electrons. The van der Waals surface area contributed by atoms with E-state index in [4.69, 9.17) is 9.47 Å². The van der Waals surface area contributed by atoms with Gasteiger partial charge in [-0.3, -0.25) is 9.59 Å². The lowest BCUT2D eigenvalue weighted by atomic mass is 9.97. The van der Waals surface area contributed by atoms with E-state index in [0.717, 1.165) is 16.8 Å². The number of piperidine rings is 1. The van der Waals surface area contributed by atoms with E-state index in [1.54, 1.807) is 11.8 Å². The van der Waals surface area contributed by atoms with Crippen LogP contribution in [0.25, 0.3) is 0 Å². The number of para-hydroxylation sites is 1. The summed E-state index contributed by atoms with van der Waals surface area (Å²) in [7, 11) is 0. The number of carbonyl (C=O) groups is 3. The molecule has 0 bridgehead atoms. The third-order valence-electron chi connectivity index (χ3n) is 5.32. The molecular weight excluding hydrogens is 396 g/mol. The molecular formula is C24H36N2O5. The van der Waals surface area contributed by atoms with Gasteiger partial charge in [0.2, 0.25) is 0 Å². The summed E-state index contributed by atoms with van der Waals surface area (Å²) < 4.78 is 10.8. The van der Waals surface area contributed by atoms with Crippen LogP contribution in [0.1, 0.15) is 71.4 Å². The fraction of sp³-hybridized carbons (Fsp3) is 0.625. The summed E-state index contributed by atoms with van der Waals surface area (Å²) >= 11 is 0. The highest BCUT2D eigenvalue weighted by Gasteiger charge is 2.32. The van der Waals surface area contributed by atoms with Crippen molar-refractivity contribution in [3.63, 3.8) is 0 Å². The van der Waals surface area contributed by atoms with E-state index in [1.165, 1.54) is 0 Å². The normalized spacial score (nSPS) is 16.1. The number of esters is 1. The molecule has 2 rings (SSSR count). The average Bonchev–Trinajstić information content (AvgIpc) is 2.67. The Labute approximate surface area is 185 Å². The number of anilines is 1. The molecule has 0 aromatic heterocycles. The third kappa shape index (κ3) is 6.97. The zero-order valence-corrected chi connectivity index (χ0v) is 19.8. The fourth-order valence-corrected chi connectivity index (χ4v) is 3.52. The Morgan fingerprint density at radius 3 is 2.26 bits per heavy atom. The highest BCUT2D eigenvalue weighted by atomic mass is 16.6. The van der Waals surface area contributed by atoms with Crippen molar-refractivity contribution in [2.75, 3.05) is 18.4 Å². The minimum absolute atomic E-state index is 0.253. The van der Waals surface area contributed by atoms with Gasteiger partial charge in [-0.25, -0.2) is 4.79 Å². The molecule has 0 radical (unpaired) electrons. The van der Waals surface area contributed by atoms with Crippen LogP contribution in [-0.4, -0.2) is 47.7 Å². The molecule has 1 aromatic carbocycles. The average molecular weight is 433 g/mol. The number of rotatable bonds is 5. The van der Waals surface area contributed by atoms with Gasteiger partial charge in [0, 0.05) is 18.8 Å². The lowest BCUT2D eigenvalue weighted by molar-refractivity contribution is -0.158. The van der Waals surface area contributed by atoms with Crippen molar-refractivity contribution in [1.82, 2.24) is 4.90 Å². The van der Waals surface area contributed by atoms with Gasteiger partial charge >= 0.3 is 12.1 Å². The molecule has 7 heteroatoms. The minimum atomic E-state index is -0.906. The SMILES string of the molecule is Cc1cccc(C(C)C)c1NC(=O)[C@H](C)OC(=O)C1CCN(C(=O)OC(C)(C)C)CC1. The maximum absolute atomic E-state index is 12.7. The summed E-state index contributed by atoms with van der Waals surface area (Å²) in [5, 5.41) is 2.93. The molecule has 1 aliphatic heterocycles. The second-order valence-electron chi connectivity index (χ2n) is 9.50. The Hall–Kier alpha value is -2.57. The standard InChI is InChI=1S/C24H36N2O5/c1-15(2)19-10-8-9-16(3)20(19)25-21(27)17(4)30-22(28)18-11-13-26(14-12-18)23(29)31-24(5,6)7/h8-10,15,17-18H,11-14H2,1-7H3,(H,25,27)/t17-/m0/s1. The largest absolute Gasteiger partial charge is 0.452 e.